The van der Waals surface area contributed by atoms with Crippen LogP contribution < -0.4 is 5.73 Å². The molecular formula is C12H20N2O3S. The number of ether oxygens (including phenoxy) is 2. The lowest BCUT2D eigenvalue weighted by Gasteiger charge is -2.15. The third kappa shape index (κ3) is 6.20. The zero-order chi connectivity index (χ0) is 13.4. The highest BCUT2D eigenvalue weighted by atomic mass is 32.2. The monoisotopic (exact) mass is 272 g/mol. The minimum absolute atomic E-state index is 0.00663. The molecule has 2 unspecified atom stereocenters. The first-order valence-corrected chi connectivity index (χ1v) is 6.73. The SMILES string of the molecule is COCC(C)OCC(O)CSc1ccc(N)nc1. The van der Waals surface area contributed by atoms with Gasteiger partial charge in [-0.3, -0.25) is 0 Å². The van der Waals surface area contributed by atoms with E-state index in [1.54, 1.807) is 19.4 Å². The van der Waals surface area contributed by atoms with E-state index < -0.39 is 6.10 Å². The smallest absolute Gasteiger partial charge is 0.123 e. The Kier molecular flexibility index (Phi) is 7.04. The summed E-state index contributed by atoms with van der Waals surface area (Å²) in [6.07, 6.45) is 1.18. The quantitative estimate of drug-likeness (QED) is 0.692. The summed E-state index contributed by atoms with van der Waals surface area (Å²) in [5.41, 5.74) is 5.49. The van der Waals surface area contributed by atoms with Crippen molar-refractivity contribution < 1.29 is 14.6 Å². The van der Waals surface area contributed by atoms with Crippen LogP contribution in [0, 0.1) is 0 Å². The lowest BCUT2D eigenvalue weighted by molar-refractivity contribution is -0.0257. The molecule has 2 atom stereocenters. The first-order valence-electron chi connectivity index (χ1n) is 5.74. The van der Waals surface area contributed by atoms with E-state index in [1.165, 1.54) is 11.8 Å². The Balaban J connectivity index is 2.20. The minimum atomic E-state index is -0.508. The predicted octanol–water partition coefficient (Wildman–Crippen LogP) is 1.17. The van der Waals surface area contributed by atoms with Gasteiger partial charge in [0.2, 0.25) is 0 Å². The maximum atomic E-state index is 9.75. The number of aromatic nitrogens is 1. The standard InChI is InChI=1S/C12H20N2O3S/c1-9(6-16-2)17-7-10(15)8-18-11-3-4-12(13)14-5-11/h3-5,9-10,15H,6-8H2,1-2H3,(H2,13,14). The lowest BCUT2D eigenvalue weighted by Crippen LogP contribution is -2.24. The second kappa shape index (κ2) is 8.31. The van der Waals surface area contributed by atoms with Crippen molar-refractivity contribution in [3.05, 3.63) is 18.3 Å². The Hall–Kier alpha value is -0.820. The highest BCUT2D eigenvalue weighted by molar-refractivity contribution is 7.99. The Morgan fingerprint density at radius 3 is 2.83 bits per heavy atom. The van der Waals surface area contributed by atoms with Crippen LogP contribution in [0.15, 0.2) is 23.2 Å². The van der Waals surface area contributed by atoms with Gasteiger partial charge in [0.15, 0.2) is 0 Å². The molecule has 102 valence electrons. The summed E-state index contributed by atoms with van der Waals surface area (Å²) >= 11 is 1.52. The summed E-state index contributed by atoms with van der Waals surface area (Å²) in [6, 6.07) is 3.63. The van der Waals surface area contributed by atoms with Crippen LogP contribution in [0.25, 0.3) is 0 Å². The number of hydrogen-bond acceptors (Lipinski definition) is 6. The summed E-state index contributed by atoms with van der Waals surface area (Å²) in [5.74, 6) is 1.06. The first kappa shape index (κ1) is 15.2. The van der Waals surface area contributed by atoms with Crippen molar-refractivity contribution in [2.24, 2.45) is 0 Å². The minimum Gasteiger partial charge on any atom is -0.390 e. The second-order valence-corrected chi connectivity index (χ2v) is 5.08. The number of nitrogens with zero attached hydrogens (tertiary/aromatic N) is 1. The van der Waals surface area contributed by atoms with E-state index in [1.807, 2.05) is 13.0 Å². The number of aliphatic hydroxyl groups is 1. The molecule has 1 rings (SSSR count). The van der Waals surface area contributed by atoms with Crippen LogP contribution in [0.5, 0.6) is 0 Å². The molecule has 1 aromatic rings. The van der Waals surface area contributed by atoms with Crippen LogP contribution >= 0.6 is 11.8 Å². The average Bonchev–Trinajstić information content (AvgIpc) is 2.36. The third-order valence-corrected chi connectivity index (χ3v) is 3.30. The van der Waals surface area contributed by atoms with Gasteiger partial charge in [0.25, 0.3) is 0 Å². The largest absolute Gasteiger partial charge is 0.390 e. The lowest BCUT2D eigenvalue weighted by atomic mass is 10.4. The zero-order valence-corrected chi connectivity index (χ0v) is 11.5. The number of anilines is 1. The molecule has 0 aliphatic carbocycles. The predicted molar refractivity (Wildman–Crippen MR) is 72.7 cm³/mol. The number of nitrogen functional groups attached to an aromatic ring is 1. The van der Waals surface area contributed by atoms with E-state index in [0.717, 1.165) is 4.90 Å². The van der Waals surface area contributed by atoms with E-state index in [0.29, 0.717) is 24.8 Å². The van der Waals surface area contributed by atoms with E-state index in [2.05, 4.69) is 4.98 Å². The van der Waals surface area contributed by atoms with Crippen LogP contribution in [-0.2, 0) is 9.47 Å². The molecule has 0 aromatic carbocycles. The molecule has 1 aromatic heterocycles. The Morgan fingerprint density at radius 1 is 1.44 bits per heavy atom. The fraction of sp³-hybridized carbons (Fsp3) is 0.583. The summed E-state index contributed by atoms with van der Waals surface area (Å²) in [7, 11) is 1.63. The fourth-order valence-corrected chi connectivity index (χ4v) is 2.05. The number of nitrogens with two attached hydrogens (primary N) is 1. The summed E-state index contributed by atoms with van der Waals surface area (Å²) < 4.78 is 10.4. The van der Waals surface area contributed by atoms with Crippen molar-refractivity contribution in [1.29, 1.82) is 0 Å². The Bertz CT molecular complexity index is 335. The van der Waals surface area contributed by atoms with E-state index in [4.69, 9.17) is 15.2 Å². The van der Waals surface area contributed by atoms with E-state index in [-0.39, 0.29) is 6.10 Å². The molecule has 18 heavy (non-hydrogen) atoms. The molecule has 0 saturated heterocycles. The van der Waals surface area contributed by atoms with Crippen molar-refractivity contribution in [2.75, 3.05) is 31.8 Å². The number of thioether (sulfide) groups is 1. The molecular weight excluding hydrogens is 252 g/mol. The van der Waals surface area contributed by atoms with Gasteiger partial charge in [0.1, 0.15) is 5.82 Å². The van der Waals surface area contributed by atoms with Gasteiger partial charge in [-0.25, -0.2) is 4.98 Å². The maximum Gasteiger partial charge on any atom is 0.123 e. The van der Waals surface area contributed by atoms with Crippen molar-refractivity contribution >= 4 is 17.6 Å². The molecule has 0 aliphatic heterocycles. The highest BCUT2D eigenvalue weighted by Gasteiger charge is 2.08. The molecule has 0 spiro atoms. The van der Waals surface area contributed by atoms with Crippen molar-refractivity contribution in [3.63, 3.8) is 0 Å². The van der Waals surface area contributed by atoms with Gasteiger partial charge in [-0.2, -0.15) is 0 Å². The van der Waals surface area contributed by atoms with Gasteiger partial charge in [-0.15, -0.1) is 11.8 Å². The number of hydrogen-bond donors (Lipinski definition) is 2. The number of rotatable bonds is 8. The van der Waals surface area contributed by atoms with E-state index >= 15 is 0 Å². The van der Waals surface area contributed by atoms with Crippen molar-refractivity contribution in [3.8, 4) is 0 Å². The second-order valence-electron chi connectivity index (χ2n) is 3.98. The fourth-order valence-electron chi connectivity index (χ4n) is 1.28. The van der Waals surface area contributed by atoms with Crippen molar-refractivity contribution in [2.45, 2.75) is 24.0 Å². The molecule has 0 radical (unpaired) electrons. The first-order chi connectivity index (χ1) is 8.61. The molecule has 0 aliphatic rings. The van der Waals surface area contributed by atoms with Gasteiger partial charge in [0.05, 0.1) is 25.4 Å². The van der Waals surface area contributed by atoms with E-state index in [9.17, 15) is 5.11 Å². The number of aliphatic hydroxyl groups excluding tert-OH is 1. The molecule has 0 fully saturated rings. The summed E-state index contributed by atoms with van der Waals surface area (Å²) in [5, 5.41) is 9.75. The van der Waals surface area contributed by atoms with Gasteiger partial charge in [-0.1, -0.05) is 0 Å². The maximum absolute atomic E-state index is 9.75. The molecule has 5 nitrogen and oxygen atoms in total. The molecule has 0 amide bonds. The molecule has 6 heteroatoms. The Labute approximate surface area is 112 Å². The van der Waals surface area contributed by atoms with Crippen LogP contribution in [0.4, 0.5) is 5.82 Å². The van der Waals surface area contributed by atoms with Crippen molar-refractivity contribution in [1.82, 2.24) is 4.98 Å². The molecule has 0 bridgehead atoms. The van der Waals surface area contributed by atoms with Gasteiger partial charge in [0, 0.05) is 24.0 Å². The van der Waals surface area contributed by atoms with Gasteiger partial charge >= 0.3 is 0 Å². The van der Waals surface area contributed by atoms with Crippen LogP contribution in [-0.4, -0.2) is 48.4 Å². The van der Waals surface area contributed by atoms with Crippen LogP contribution in [0.3, 0.4) is 0 Å². The van der Waals surface area contributed by atoms with Gasteiger partial charge in [-0.05, 0) is 19.1 Å². The van der Waals surface area contributed by atoms with Crippen LogP contribution in [0.1, 0.15) is 6.92 Å². The number of pyridine rings is 1. The third-order valence-electron chi connectivity index (χ3n) is 2.18. The van der Waals surface area contributed by atoms with Gasteiger partial charge < -0.3 is 20.3 Å². The van der Waals surface area contributed by atoms with Crippen LogP contribution in [0.2, 0.25) is 0 Å². The summed E-state index contributed by atoms with van der Waals surface area (Å²) in [6.45, 7) is 2.74. The Morgan fingerprint density at radius 2 is 2.22 bits per heavy atom. The normalized spacial score (nSPS) is 14.4. The summed E-state index contributed by atoms with van der Waals surface area (Å²) in [4.78, 5) is 4.96. The average molecular weight is 272 g/mol. The molecule has 1 heterocycles. The molecule has 3 N–H and O–H groups in total. The highest BCUT2D eigenvalue weighted by Crippen LogP contribution is 2.18. The topological polar surface area (TPSA) is 77.6 Å². The molecule has 0 saturated carbocycles. The number of methoxy groups -OCH3 is 1. The zero-order valence-electron chi connectivity index (χ0n) is 10.7.